The van der Waals surface area contributed by atoms with Crippen molar-refractivity contribution in [2.75, 3.05) is 26.4 Å². The molecule has 0 amide bonds. The van der Waals surface area contributed by atoms with Crippen LogP contribution in [0.5, 0.6) is 11.5 Å². The van der Waals surface area contributed by atoms with Crippen LogP contribution in [0.1, 0.15) is 35.0 Å². The average Bonchev–Trinajstić information content (AvgIpc) is 2.90. The number of fused-ring (bicyclic) bond motifs is 2. The van der Waals surface area contributed by atoms with Crippen molar-refractivity contribution in [3.05, 3.63) is 80.5 Å². The SMILES string of the molecule is CCOC(=O)c1cc(=O)c2cc(OCC(O)COc3cccc4oc(C(=O)OCC)cc(=O)c34)ccc2o1. The Labute approximate surface area is 215 Å². The third-order valence-corrected chi connectivity index (χ3v) is 5.24. The minimum absolute atomic E-state index is 0.108. The second-order valence-corrected chi connectivity index (χ2v) is 7.95. The maximum Gasteiger partial charge on any atom is 0.374 e. The highest BCUT2D eigenvalue weighted by Gasteiger charge is 2.17. The fourth-order valence-corrected chi connectivity index (χ4v) is 3.56. The van der Waals surface area contributed by atoms with Crippen molar-refractivity contribution in [2.24, 2.45) is 0 Å². The van der Waals surface area contributed by atoms with E-state index in [1.54, 1.807) is 19.9 Å². The molecule has 198 valence electrons. The van der Waals surface area contributed by atoms with Gasteiger partial charge < -0.3 is 32.9 Å². The van der Waals surface area contributed by atoms with E-state index in [1.807, 2.05) is 0 Å². The quantitative estimate of drug-likeness (QED) is 0.305. The highest BCUT2D eigenvalue weighted by atomic mass is 16.5. The summed E-state index contributed by atoms with van der Waals surface area (Å²) in [6.07, 6.45) is -1.10. The molecule has 38 heavy (non-hydrogen) atoms. The Kier molecular flexibility index (Phi) is 8.07. The van der Waals surface area contributed by atoms with Gasteiger partial charge >= 0.3 is 11.9 Å². The van der Waals surface area contributed by atoms with E-state index < -0.39 is 28.9 Å². The molecular weight excluding hydrogens is 500 g/mol. The molecular formula is C27H24O11. The fourth-order valence-electron chi connectivity index (χ4n) is 3.56. The predicted molar refractivity (Wildman–Crippen MR) is 134 cm³/mol. The monoisotopic (exact) mass is 524 g/mol. The van der Waals surface area contributed by atoms with E-state index in [-0.39, 0.29) is 71.4 Å². The van der Waals surface area contributed by atoms with Gasteiger partial charge in [-0.05, 0) is 44.2 Å². The number of carbonyl (C=O) groups is 2. The lowest BCUT2D eigenvalue weighted by Crippen LogP contribution is -2.25. The zero-order chi connectivity index (χ0) is 27.2. The average molecular weight is 524 g/mol. The second-order valence-electron chi connectivity index (χ2n) is 7.95. The number of rotatable bonds is 10. The number of benzene rings is 2. The normalized spacial score (nSPS) is 11.8. The lowest BCUT2D eigenvalue weighted by Gasteiger charge is -2.15. The molecule has 0 bridgehead atoms. The molecule has 1 atom stereocenters. The smallest absolute Gasteiger partial charge is 0.374 e. The largest absolute Gasteiger partial charge is 0.491 e. The minimum Gasteiger partial charge on any atom is -0.491 e. The van der Waals surface area contributed by atoms with Crippen LogP contribution in [0.15, 0.2) is 67.0 Å². The third kappa shape index (κ3) is 5.84. The lowest BCUT2D eigenvalue weighted by molar-refractivity contribution is 0.0482. The number of ether oxygens (including phenoxy) is 4. The highest BCUT2D eigenvalue weighted by molar-refractivity contribution is 5.91. The molecule has 1 unspecified atom stereocenters. The summed E-state index contributed by atoms with van der Waals surface area (Å²) in [6, 6.07) is 11.1. The summed E-state index contributed by atoms with van der Waals surface area (Å²) in [5.74, 6) is -1.48. The van der Waals surface area contributed by atoms with Crippen molar-refractivity contribution in [3.8, 4) is 11.5 Å². The molecule has 0 spiro atoms. The molecule has 0 saturated carbocycles. The zero-order valence-corrected chi connectivity index (χ0v) is 20.6. The summed E-state index contributed by atoms with van der Waals surface area (Å²) in [4.78, 5) is 48.8. The summed E-state index contributed by atoms with van der Waals surface area (Å²) in [7, 11) is 0. The zero-order valence-electron chi connectivity index (χ0n) is 20.6. The Morgan fingerprint density at radius 1 is 0.816 bits per heavy atom. The molecule has 1 N–H and O–H groups in total. The van der Waals surface area contributed by atoms with Crippen molar-refractivity contribution in [1.82, 2.24) is 0 Å². The van der Waals surface area contributed by atoms with Gasteiger partial charge in [0.1, 0.15) is 47.4 Å². The Bertz CT molecular complexity index is 1600. The third-order valence-electron chi connectivity index (χ3n) is 5.24. The summed E-state index contributed by atoms with van der Waals surface area (Å²) in [5, 5.41) is 10.7. The van der Waals surface area contributed by atoms with Crippen LogP contribution in [0.2, 0.25) is 0 Å². The van der Waals surface area contributed by atoms with Crippen molar-refractivity contribution < 1.29 is 42.5 Å². The molecule has 4 rings (SSSR count). The van der Waals surface area contributed by atoms with E-state index >= 15 is 0 Å². The molecule has 0 aliphatic carbocycles. The summed E-state index contributed by atoms with van der Waals surface area (Å²) in [5.41, 5.74) is -0.649. The first kappa shape index (κ1) is 26.4. The Morgan fingerprint density at radius 3 is 2.13 bits per heavy atom. The minimum atomic E-state index is -1.10. The molecule has 0 radical (unpaired) electrons. The molecule has 2 heterocycles. The van der Waals surface area contributed by atoms with Gasteiger partial charge in [-0.3, -0.25) is 9.59 Å². The van der Waals surface area contributed by atoms with E-state index in [4.69, 9.17) is 27.8 Å². The standard InChI is InChI=1S/C27H24O11/c1-3-33-26(31)23-11-18(29)17-10-16(8-9-20(17)37-23)35-13-15(28)14-36-21-6-5-7-22-25(21)19(30)12-24(38-22)27(32)34-4-2/h5-12,15,28H,3-4,13-14H2,1-2H3. The van der Waals surface area contributed by atoms with Gasteiger partial charge in [-0.25, -0.2) is 9.59 Å². The van der Waals surface area contributed by atoms with E-state index in [0.29, 0.717) is 0 Å². The Hall–Kier alpha value is -4.64. The van der Waals surface area contributed by atoms with Gasteiger partial charge in [-0.1, -0.05) is 6.07 Å². The van der Waals surface area contributed by atoms with Gasteiger partial charge in [0, 0.05) is 12.1 Å². The van der Waals surface area contributed by atoms with Crippen LogP contribution < -0.4 is 20.3 Å². The molecule has 2 aromatic heterocycles. The second kappa shape index (κ2) is 11.6. The number of aliphatic hydroxyl groups excluding tert-OH is 1. The highest BCUT2D eigenvalue weighted by Crippen LogP contribution is 2.24. The van der Waals surface area contributed by atoms with Crippen LogP contribution >= 0.6 is 0 Å². The first-order chi connectivity index (χ1) is 18.3. The van der Waals surface area contributed by atoms with Crippen molar-refractivity contribution in [2.45, 2.75) is 20.0 Å². The Morgan fingerprint density at radius 2 is 1.45 bits per heavy atom. The van der Waals surface area contributed by atoms with Crippen molar-refractivity contribution >= 4 is 33.9 Å². The first-order valence-corrected chi connectivity index (χ1v) is 11.7. The number of carbonyl (C=O) groups excluding carboxylic acids is 2. The summed E-state index contributed by atoms with van der Waals surface area (Å²) in [6.45, 7) is 3.14. The van der Waals surface area contributed by atoms with Crippen LogP contribution in [-0.2, 0) is 9.47 Å². The molecule has 0 saturated heterocycles. The van der Waals surface area contributed by atoms with E-state index in [2.05, 4.69) is 0 Å². The summed E-state index contributed by atoms with van der Waals surface area (Å²) < 4.78 is 31.9. The van der Waals surface area contributed by atoms with Crippen LogP contribution in [0.4, 0.5) is 0 Å². The summed E-state index contributed by atoms with van der Waals surface area (Å²) >= 11 is 0. The molecule has 0 aliphatic rings. The van der Waals surface area contributed by atoms with Crippen LogP contribution in [0.3, 0.4) is 0 Å². The van der Waals surface area contributed by atoms with Crippen molar-refractivity contribution in [1.29, 1.82) is 0 Å². The van der Waals surface area contributed by atoms with Crippen LogP contribution in [0, 0.1) is 0 Å². The van der Waals surface area contributed by atoms with Gasteiger partial charge in [-0.15, -0.1) is 0 Å². The maximum absolute atomic E-state index is 12.6. The maximum atomic E-state index is 12.6. The topological polar surface area (TPSA) is 152 Å². The number of esters is 2. The van der Waals surface area contributed by atoms with Crippen LogP contribution in [-0.4, -0.2) is 49.6 Å². The lowest BCUT2D eigenvalue weighted by atomic mass is 10.2. The van der Waals surface area contributed by atoms with Crippen molar-refractivity contribution in [3.63, 3.8) is 0 Å². The number of aliphatic hydroxyl groups is 1. The van der Waals surface area contributed by atoms with Gasteiger partial charge in [0.25, 0.3) is 0 Å². The van der Waals surface area contributed by atoms with E-state index in [0.717, 1.165) is 12.1 Å². The van der Waals surface area contributed by atoms with Gasteiger partial charge in [-0.2, -0.15) is 0 Å². The predicted octanol–water partition coefficient (Wildman–Crippen LogP) is 3.07. The molecule has 2 aromatic carbocycles. The fraction of sp³-hybridized carbons (Fsp3) is 0.259. The van der Waals surface area contributed by atoms with Crippen LogP contribution in [0.25, 0.3) is 21.9 Å². The molecule has 11 nitrogen and oxygen atoms in total. The molecule has 0 fully saturated rings. The Balaban J connectivity index is 1.42. The number of hydrogen-bond donors (Lipinski definition) is 1. The van der Waals surface area contributed by atoms with Gasteiger partial charge in [0.2, 0.25) is 11.5 Å². The molecule has 11 heteroatoms. The number of hydrogen-bond acceptors (Lipinski definition) is 11. The van der Waals surface area contributed by atoms with E-state index in [9.17, 15) is 24.3 Å². The van der Waals surface area contributed by atoms with Gasteiger partial charge in [0.15, 0.2) is 10.9 Å². The first-order valence-electron chi connectivity index (χ1n) is 11.7. The van der Waals surface area contributed by atoms with E-state index in [1.165, 1.54) is 30.3 Å². The molecule has 0 aliphatic heterocycles. The molecule has 4 aromatic rings. The van der Waals surface area contributed by atoms with Gasteiger partial charge in [0.05, 0.1) is 18.6 Å².